The molecule has 1 saturated carbocycles. The van der Waals surface area contributed by atoms with Crippen molar-refractivity contribution in [2.24, 2.45) is 34.5 Å². The van der Waals surface area contributed by atoms with Crippen molar-refractivity contribution < 1.29 is 19.0 Å². The van der Waals surface area contributed by atoms with Crippen molar-refractivity contribution in [1.29, 1.82) is 0 Å². The first-order chi connectivity index (χ1) is 14.3. The lowest BCUT2D eigenvalue weighted by Gasteiger charge is -2.62. The van der Waals surface area contributed by atoms with Crippen molar-refractivity contribution >= 4 is 5.97 Å². The monoisotopic (exact) mass is 417 g/mol. The number of carbonyl (C=O) groups is 1. The lowest BCUT2D eigenvalue weighted by Crippen LogP contribution is -2.64. The highest BCUT2D eigenvalue weighted by atomic mass is 16.7. The largest absolute Gasteiger partial charge is 0.469 e. The molecular formula is C25H39NO4. The first-order valence-electron chi connectivity index (χ1n) is 12.0. The van der Waals surface area contributed by atoms with Crippen molar-refractivity contribution in [1.82, 2.24) is 4.90 Å². The second kappa shape index (κ2) is 7.05. The molecule has 5 nitrogen and oxygen atoms in total. The van der Waals surface area contributed by atoms with Gasteiger partial charge in [0.15, 0.2) is 5.79 Å². The van der Waals surface area contributed by atoms with Crippen LogP contribution in [0, 0.1) is 34.5 Å². The Hall–Kier alpha value is -0.910. The van der Waals surface area contributed by atoms with Crippen molar-refractivity contribution in [3.63, 3.8) is 0 Å². The summed E-state index contributed by atoms with van der Waals surface area (Å²) in [4.78, 5) is 15.4. The molecule has 6 atom stereocenters. The van der Waals surface area contributed by atoms with Crippen LogP contribution in [0.2, 0.25) is 0 Å². The fraction of sp³-hybridized carbons (Fsp3) is 0.880. The van der Waals surface area contributed by atoms with Gasteiger partial charge in [-0.15, -0.1) is 0 Å². The van der Waals surface area contributed by atoms with Crippen LogP contribution >= 0.6 is 0 Å². The Morgan fingerprint density at radius 2 is 1.97 bits per heavy atom. The quantitative estimate of drug-likeness (QED) is 0.513. The number of allylic oxidation sites excluding steroid dienone is 1. The van der Waals surface area contributed by atoms with E-state index in [0.29, 0.717) is 17.8 Å². The molecule has 0 aromatic rings. The summed E-state index contributed by atoms with van der Waals surface area (Å²) < 4.78 is 18.0. The van der Waals surface area contributed by atoms with Gasteiger partial charge in [-0.05, 0) is 57.4 Å². The van der Waals surface area contributed by atoms with E-state index < -0.39 is 5.79 Å². The van der Waals surface area contributed by atoms with E-state index in [9.17, 15) is 4.79 Å². The summed E-state index contributed by atoms with van der Waals surface area (Å²) in [5, 5.41) is 0. The summed E-state index contributed by atoms with van der Waals surface area (Å²) in [6, 6.07) is 0. The number of hydrogen-bond donors (Lipinski definition) is 0. The van der Waals surface area contributed by atoms with Crippen LogP contribution in [-0.4, -0.2) is 57.6 Å². The molecule has 0 radical (unpaired) electrons. The Morgan fingerprint density at radius 3 is 2.60 bits per heavy atom. The average molecular weight is 418 g/mol. The van der Waals surface area contributed by atoms with Gasteiger partial charge in [0, 0.05) is 43.4 Å². The van der Waals surface area contributed by atoms with Gasteiger partial charge < -0.3 is 19.1 Å². The highest BCUT2D eigenvalue weighted by molar-refractivity contribution is 5.75. The van der Waals surface area contributed by atoms with Gasteiger partial charge >= 0.3 is 5.97 Å². The Balaban J connectivity index is 1.61. The van der Waals surface area contributed by atoms with Crippen LogP contribution in [0.25, 0.3) is 0 Å². The number of likely N-dealkylation sites (tertiary alicyclic amines) is 1. The van der Waals surface area contributed by atoms with Gasteiger partial charge in [-0.25, -0.2) is 0 Å². The molecule has 2 bridgehead atoms. The summed E-state index contributed by atoms with van der Waals surface area (Å²) in [6.07, 6.45) is 7.79. The Bertz CT molecular complexity index is 750. The van der Waals surface area contributed by atoms with Crippen LogP contribution in [0.1, 0.15) is 58.8 Å². The predicted octanol–water partition coefficient (Wildman–Crippen LogP) is 4.02. The van der Waals surface area contributed by atoms with E-state index in [1.54, 1.807) is 25.4 Å². The highest BCUT2D eigenvalue weighted by Crippen LogP contribution is 2.72. The Morgan fingerprint density at radius 1 is 1.20 bits per heavy atom. The number of piperidine rings is 1. The van der Waals surface area contributed by atoms with Gasteiger partial charge in [0.2, 0.25) is 0 Å². The summed E-state index contributed by atoms with van der Waals surface area (Å²) in [7, 11) is 5.64. The Labute approximate surface area is 181 Å². The molecule has 3 fully saturated rings. The molecule has 0 unspecified atom stereocenters. The SMILES string of the molecule is COC(=O)[C@@H]1C[C@@]23CN(C)C[C@@H](CCC4=C2[C@@H]1CC4)[C@]31CC[C@](OC)(C(C)C)OC1. The maximum Gasteiger partial charge on any atom is 0.309 e. The van der Waals surface area contributed by atoms with Crippen molar-refractivity contribution in [2.75, 3.05) is 41.0 Å². The van der Waals surface area contributed by atoms with Crippen molar-refractivity contribution in [3.05, 3.63) is 11.1 Å². The predicted molar refractivity (Wildman–Crippen MR) is 115 cm³/mol. The minimum atomic E-state index is -0.471. The van der Waals surface area contributed by atoms with Crippen LogP contribution in [0.5, 0.6) is 0 Å². The number of nitrogens with zero attached hydrogens (tertiary/aromatic N) is 1. The molecule has 0 amide bonds. The zero-order chi connectivity index (χ0) is 21.3. The second-order valence-electron chi connectivity index (χ2n) is 11.1. The smallest absolute Gasteiger partial charge is 0.309 e. The average Bonchev–Trinajstić information content (AvgIpc) is 3.28. The maximum atomic E-state index is 12.9. The standard InChI is InChI=1S/C25H39NO4/c1-16(2)25(29-5)11-10-23(15-30-25)18-8-6-17-7-9-19-20(22(27)28-4)12-24(23,21(17)19)14-26(3)13-18/h16,18-20H,6-15H2,1-5H3/t18-,19-,20-,23-,24-,25-/m1/s1. The normalized spacial score (nSPS) is 45.7. The van der Waals surface area contributed by atoms with Gasteiger partial charge in [0.1, 0.15) is 0 Å². The molecule has 3 aliphatic carbocycles. The molecule has 30 heavy (non-hydrogen) atoms. The van der Waals surface area contributed by atoms with Crippen LogP contribution in [0.15, 0.2) is 11.1 Å². The van der Waals surface area contributed by atoms with Crippen molar-refractivity contribution in [3.8, 4) is 0 Å². The fourth-order valence-corrected chi connectivity index (χ4v) is 8.56. The van der Waals surface area contributed by atoms with Gasteiger partial charge in [-0.2, -0.15) is 0 Å². The number of ether oxygens (including phenoxy) is 3. The number of esters is 1. The lowest BCUT2D eigenvalue weighted by atomic mass is 9.50. The summed E-state index contributed by atoms with van der Waals surface area (Å²) in [6.45, 7) is 7.36. The molecule has 5 aliphatic rings. The molecule has 0 aromatic carbocycles. The summed E-state index contributed by atoms with van der Waals surface area (Å²) >= 11 is 0. The van der Waals surface area contributed by atoms with Crippen LogP contribution in [0.4, 0.5) is 0 Å². The molecule has 5 heteroatoms. The third kappa shape index (κ3) is 2.55. The topological polar surface area (TPSA) is 48.0 Å². The first kappa shape index (κ1) is 21.0. The molecule has 0 aromatic heterocycles. The molecule has 2 aliphatic heterocycles. The third-order valence-corrected chi connectivity index (χ3v) is 9.90. The van der Waals surface area contributed by atoms with Crippen molar-refractivity contribution in [2.45, 2.75) is 64.6 Å². The number of rotatable bonds is 3. The van der Waals surface area contributed by atoms with E-state index in [1.807, 2.05) is 0 Å². The maximum absolute atomic E-state index is 12.9. The minimum Gasteiger partial charge on any atom is -0.469 e. The van der Waals surface area contributed by atoms with Gasteiger partial charge in [-0.1, -0.05) is 25.0 Å². The number of methoxy groups -OCH3 is 2. The van der Waals surface area contributed by atoms with Crippen LogP contribution in [0.3, 0.4) is 0 Å². The lowest BCUT2D eigenvalue weighted by molar-refractivity contribution is -0.311. The van der Waals surface area contributed by atoms with E-state index in [4.69, 9.17) is 14.2 Å². The van der Waals surface area contributed by atoms with E-state index in [1.165, 1.54) is 19.3 Å². The zero-order valence-electron chi connectivity index (χ0n) is 19.5. The van der Waals surface area contributed by atoms with Gasteiger partial charge in [0.05, 0.1) is 19.6 Å². The Kier molecular flexibility index (Phi) is 4.92. The van der Waals surface area contributed by atoms with Crippen LogP contribution < -0.4 is 0 Å². The number of carbonyl (C=O) groups excluding carboxylic acids is 1. The first-order valence-corrected chi connectivity index (χ1v) is 12.0. The molecular weight excluding hydrogens is 378 g/mol. The van der Waals surface area contributed by atoms with E-state index >= 15 is 0 Å². The third-order valence-electron chi connectivity index (χ3n) is 9.90. The van der Waals surface area contributed by atoms with E-state index in [2.05, 4.69) is 25.8 Å². The fourth-order valence-electron chi connectivity index (χ4n) is 8.56. The summed E-state index contributed by atoms with van der Waals surface area (Å²) in [5.74, 6) is 0.868. The van der Waals surface area contributed by atoms with E-state index in [-0.39, 0.29) is 22.7 Å². The molecule has 0 N–H and O–H groups in total. The van der Waals surface area contributed by atoms with Crippen LogP contribution in [-0.2, 0) is 19.0 Å². The molecule has 2 heterocycles. The molecule has 5 rings (SSSR count). The van der Waals surface area contributed by atoms with Gasteiger partial charge in [-0.3, -0.25) is 4.79 Å². The van der Waals surface area contributed by atoms with E-state index in [0.717, 1.165) is 45.4 Å². The summed E-state index contributed by atoms with van der Waals surface area (Å²) in [5.41, 5.74) is 3.49. The minimum absolute atomic E-state index is 0.00118. The number of hydrogen-bond acceptors (Lipinski definition) is 5. The highest BCUT2D eigenvalue weighted by Gasteiger charge is 2.69. The van der Waals surface area contributed by atoms with Gasteiger partial charge in [0.25, 0.3) is 0 Å². The molecule has 2 spiro atoms. The second-order valence-corrected chi connectivity index (χ2v) is 11.1. The molecule has 168 valence electrons. The molecule has 2 saturated heterocycles. The zero-order valence-corrected chi connectivity index (χ0v) is 19.5.